The summed E-state index contributed by atoms with van der Waals surface area (Å²) in [5.74, 6) is -0.177. The lowest BCUT2D eigenvalue weighted by Crippen LogP contribution is -2.34. The summed E-state index contributed by atoms with van der Waals surface area (Å²) in [4.78, 5) is 11.8. The summed E-state index contributed by atoms with van der Waals surface area (Å²) in [5, 5.41) is 9.63. The Labute approximate surface area is 88.4 Å². The van der Waals surface area contributed by atoms with E-state index < -0.39 is 0 Å². The van der Waals surface area contributed by atoms with Gasteiger partial charge in [0.25, 0.3) is 5.91 Å². The molecule has 0 atom stereocenters. The quantitative estimate of drug-likeness (QED) is 0.688. The Morgan fingerprint density at radius 1 is 1.67 bits per heavy atom. The van der Waals surface area contributed by atoms with E-state index in [1.807, 2.05) is 13.8 Å². The maximum absolute atomic E-state index is 11.8. The molecule has 0 bridgehead atoms. The molecule has 1 aliphatic carbocycles. The summed E-state index contributed by atoms with van der Waals surface area (Å²) in [6, 6.07) is 0. The van der Waals surface area contributed by atoms with Crippen LogP contribution in [0, 0.1) is 0 Å². The van der Waals surface area contributed by atoms with Crippen molar-refractivity contribution in [2.45, 2.75) is 38.6 Å². The third kappa shape index (κ3) is 1.82. The fourth-order valence-corrected chi connectivity index (χ4v) is 1.48. The molecule has 0 aliphatic heterocycles. The van der Waals surface area contributed by atoms with Gasteiger partial charge in [-0.2, -0.15) is 5.10 Å². The maximum atomic E-state index is 11.8. The highest BCUT2D eigenvalue weighted by Crippen LogP contribution is 2.34. The van der Waals surface area contributed by atoms with Crippen molar-refractivity contribution in [1.29, 1.82) is 0 Å². The number of nitrogens with one attached hydrogen (secondary N) is 2. The Bertz CT molecular complexity index is 392. The first-order chi connectivity index (χ1) is 7.06. The van der Waals surface area contributed by atoms with Gasteiger partial charge in [-0.15, -0.1) is 0 Å². The topological polar surface area (TPSA) is 83.8 Å². The highest BCUT2D eigenvalue weighted by Gasteiger charge is 2.39. The molecule has 1 heterocycles. The average molecular weight is 208 g/mol. The molecule has 0 saturated heterocycles. The molecule has 2 rings (SSSR count). The molecule has 5 heteroatoms. The second-order valence-corrected chi connectivity index (χ2v) is 4.33. The Balaban J connectivity index is 2.14. The van der Waals surface area contributed by atoms with Crippen molar-refractivity contribution in [2.75, 3.05) is 5.73 Å². The molecule has 1 aromatic heterocycles. The van der Waals surface area contributed by atoms with E-state index in [4.69, 9.17) is 5.73 Å². The minimum Gasteiger partial charge on any atom is -0.395 e. The van der Waals surface area contributed by atoms with E-state index in [-0.39, 0.29) is 11.4 Å². The first-order valence-electron chi connectivity index (χ1n) is 5.21. The van der Waals surface area contributed by atoms with E-state index >= 15 is 0 Å². The number of nitrogens with zero attached hydrogens (tertiary/aromatic N) is 1. The van der Waals surface area contributed by atoms with Crippen molar-refractivity contribution in [3.05, 3.63) is 11.4 Å². The standard InChI is InChI=1S/C10H16N4O/c1-3-6-7(11)8(14-13-6)9(15)12-10(2)4-5-10/h3-5,11H2,1-2H3,(H,12,15)(H,13,14). The molecule has 82 valence electrons. The van der Waals surface area contributed by atoms with Crippen LogP contribution in [0.2, 0.25) is 0 Å². The summed E-state index contributed by atoms with van der Waals surface area (Å²) in [7, 11) is 0. The van der Waals surface area contributed by atoms with E-state index in [2.05, 4.69) is 15.5 Å². The molecule has 1 saturated carbocycles. The van der Waals surface area contributed by atoms with Gasteiger partial charge in [0.2, 0.25) is 0 Å². The van der Waals surface area contributed by atoms with Crippen LogP contribution in [0.15, 0.2) is 0 Å². The van der Waals surface area contributed by atoms with Crippen molar-refractivity contribution in [3.8, 4) is 0 Å². The highest BCUT2D eigenvalue weighted by atomic mass is 16.2. The van der Waals surface area contributed by atoms with E-state index in [9.17, 15) is 4.79 Å². The van der Waals surface area contributed by atoms with Crippen molar-refractivity contribution in [1.82, 2.24) is 15.5 Å². The summed E-state index contributed by atoms with van der Waals surface area (Å²) >= 11 is 0. The number of aromatic nitrogens is 2. The smallest absolute Gasteiger partial charge is 0.274 e. The Morgan fingerprint density at radius 3 is 2.80 bits per heavy atom. The number of hydrogen-bond acceptors (Lipinski definition) is 3. The summed E-state index contributed by atoms with van der Waals surface area (Å²) in [6.07, 6.45) is 2.82. The molecule has 15 heavy (non-hydrogen) atoms. The predicted octanol–water partition coefficient (Wildman–Crippen LogP) is 0.837. The lowest BCUT2D eigenvalue weighted by Gasteiger charge is -2.09. The van der Waals surface area contributed by atoms with Crippen LogP contribution in [0.1, 0.15) is 42.9 Å². The fourth-order valence-electron chi connectivity index (χ4n) is 1.48. The Hall–Kier alpha value is -1.52. The van der Waals surface area contributed by atoms with E-state index in [0.29, 0.717) is 11.4 Å². The maximum Gasteiger partial charge on any atom is 0.274 e. The van der Waals surface area contributed by atoms with Gasteiger partial charge in [0.1, 0.15) is 0 Å². The van der Waals surface area contributed by atoms with Crippen molar-refractivity contribution < 1.29 is 4.79 Å². The number of H-pyrrole nitrogens is 1. The van der Waals surface area contributed by atoms with Gasteiger partial charge in [-0.05, 0) is 26.2 Å². The number of hydrogen-bond donors (Lipinski definition) is 3. The zero-order chi connectivity index (χ0) is 11.1. The summed E-state index contributed by atoms with van der Waals surface area (Å²) in [5.41, 5.74) is 7.38. The van der Waals surface area contributed by atoms with Gasteiger partial charge in [0, 0.05) is 5.54 Å². The van der Waals surface area contributed by atoms with Crippen LogP contribution in [0.25, 0.3) is 0 Å². The molecule has 0 radical (unpaired) electrons. The molecule has 0 aromatic carbocycles. The average Bonchev–Trinajstić information content (AvgIpc) is 2.78. The van der Waals surface area contributed by atoms with Crippen molar-refractivity contribution >= 4 is 11.6 Å². The molecule has 1 aliphatic rings. The number of nitrogen functional groups attached to an aromatic ring is 1. The number of carbonyl (C=O) groups is 1. The van der Waals surface area contributed by atoms with Crippen molar-refractivity contribution in [2.24, 2.45) is 0 Å². The number of anilines is 1. The predicted molar refractivity (Wildman–Crippen MR) is 57.5 cm³/mol. The van der Waals surface area contributed by atoms with Gasteiger partial charge in [-0.25, -0.2) is 0 Å². The molecule has 4 N–H and O–H groups in total. The molecule has 0 unspecified atom stereocenters. The Morgan fingerprint density at radius 2 is 2.33 bits per heavy atom. The number of rotatable bonds is 3. The number of carbonyl (C=O) groups excluding carboxylic acids is 1. The summed E-state index contributed by atoms with van der Waals surface area (Å²) < 4.78 is 0. The molecule has 1 aromatic rings. The van der Waals surface area contributed by atoms with Crippen molar-refractivity contribution in [3.63, 3.8) is 0 Å². The normalized spacial score (nSPS) is 17.5. The van der Waals surface area contributed by atoms with Gasteiger partial charge in [-0.1, -0.05) is 6.92 Å². The zero-order valence-corrected chi connectivity index (χ0v) is 9.05. The van der Waals surface area contributed by atoms with Gasteiger partial charge >= 0.3 is 0 Å². The van der Waals surface area contributed by atoms with Gasteiger partial charge in [0.15, 0.2) is 5.69 Å². The molecular formula is C10H16N4O. The minimum atomic E-state index is -0.177. The fraction of sp³-hybridized carbons (Fsp3) is 0.600. The zero-order valence-electron chi connectivity index (χ0n) is 9.05. The van der Waals surface area contributed by atoms with Crippen LogP contribution < -0.4 is 11.1 Å². The van der Waals surface area contributed by atoms with Crippen LogP contribution in [0.3, 0.4) is 0 Å². The van der Waals surface area contributed by atoms with Gasteiger partial charge in [0.05, 0.1) is 11.4 Å². The van der Waals surface area contributed by atoms with Gasteiger partial charge < -0.3 is 11.1 Å². The second kappa shape index (κ2) is 3.25. The highest BCUT2D eigenvalue weighted by molar-refractivity contribution is 5.98. The van der Waals surface area contributed by atoms with Crippen LogP contribution in [-0.4, -0.2) is 21.6 Å². The lowest BCUT2D eigenvalue weighted by atomic mass is 10.2. The largest absolute Gasteiger partial charge is 0.395 e. The van der Waals surface area contributed by atoms with E-state index in [1.165, 1.54) is 0 Å². The Kier molecular flexibility index (Phi) is 2.17. The van der Waals surface area contributed by atoms with Crippen LogP contribution in [0.5, 0.6) is 0 Å². The van der Waals surface area contributed by atoms with Crippen LogP contribution in [-0.2, 0) is 6.42 Å². The molecule has 1 amide bonds. The number of aromatic amines is 1. The second-order valence-electron chi connectivity index (χ2n) is 4.33. The van der Waals surface area contributed by atoms with Gasteiger partial charge in [-0.3, -0.25) is 9.89 Å². The number of aryl methyl sites for hydroxylation is 1. The third-order valence-corrected chi connectivity index (χ3v) is 2.87. The minimum absolute atomic E-state index is 0.0329. The first-order valence-corrected chi connectivity index (χ1v) is 5.21. The third-order valence-electron chi connectivity index (χ3n) is 2.87. The SMILES string of the molecule is CCc1[nH]nc(C(=O)NC2(C)CC2)c1N. The van der Waals surface area contributed by atoms with Crippen LogP contribution in [0.4, 0.5) is 5.69 Å². The molecule has 0 spiro atoms. The van der Waals surface area contributed by atoms with Crippen LogP contribution >= 0.6 is 0 Å². The van der Waals surface area contributed by atoms with E-state index in [1.54, 1.807) is 0 Å². The molecule has 5 nitrogen and oxygen atoms in total. The number of nitrogens with two attached hydrogens (primary N) is 1. The monoisotopic (exact) mass is 208 g/mol. The first kappa shape index (κ1) is 10.0. The number of amides is 1. The molecule has 1 fully saturated rings. The lowest BCUT2D eigenvalue weighted by molar-refractivity contribution is 0.0931. The molecular weight excluding hydrogens is 192 g/mol. The summed E-state index contributed by atoms with van der Waals surface area (Å²) in [6.45, 7) is 3.99. The van der Waals surface area contributed by atoms with E-state index in [0.717, 1.165) is 25.0 Å².